The van der Waals surface area contributed by atoms with Crippen molar-refractivity contribution in [3.63, 3.8) is 0 Å². The zero-order valence-corrected chi connectivity index (χ0v) is 15.2. The minimum atomic E-state index is -1.09. The Morgan fingerprint density at radius 1 is 1.19 bits per heavy atom. The number of hydrogen-bond acceptors (Lipinski definition) is 6. The molecular formula is C19H16N2O5S. The zero-order chi connectivity index (χ0) is 19.2. The van der Waals surface area contributed by atoms with Crippen LogP contribution in [0.15, 0.2) is 54.0 Å². The van der Waals surface area contributed by atoms with Crippen LogP contribution in [0.4, 0.5) is 5.69 Å². The number of aromatic carboxylic acids is 1. The number of anilines is 1. The Labute approximate surface area is 159 Å². The van der Waals surface area contributed by atoms with Crippen LogP contribution >= 0.6 is 11.3 Å². The number of nitrogens with zero attached hydrogens (tertiary/aromatic N) is 1. The molecule has 138 valence electrons. The van der Waals surface area contributed by atoms with Gasteiger partial charge in [0.05, 0.1) is 12.8 Å². The summed E-state index contributed by atoms with van der Waals surface area (Å²) >= 11 is 1.04. The predicted octanol–water partition coefficient (Wildman–Crippen LogP) is 3.53. The number of pyridine rings is 1. The maximum absolute atomic E-state index is 12.0. The molecule has 0 aliphatic carbocycles. The van der Waals surface area contributed by atoms with Gasteiger partial charge in [0.2, 0.25) is 5.88 Å². The van der Waals surface area contributed by atoms with E-state index in [1.54, 1.807) is 24.8 Å². The fourth-order valence-electron chi connectivity index (χ4n) is 2.34. The van der Waals surface area contributed by atoms with Crippen LogP contribution < -0.4 is 14.8 Å². The van der Waals surface area contributed by atoms with Crippen molar-refractivity contribution in [2.45, 2.75) is 0 Å². The van der Waals surface area contributed by atoms with E-state index in [4.69, 9.17) is 14.6 Å². The maximum atomic E-state index is 12.0. The highest BCUT2D eigenvalue weighted by Crippen LogP contribution is 2.24. The summed E-state index contributed by atoms with van der Waals surface area (Å²) in [5, 5.41) is 13.2. The van der Waals surface area contributed by atoms with Crippen molar-refractivity contribution in [1.82, 2.24) is 4.98 Å². The van der Waals surface area contributed by atoms with Crippen molar-refractivity contribution in [2.75, 3.05) is 19.0 Å². The SMILES string of the molecule is COc1cccc(-c2ccc(OCC(=O)Nc3ccsc3C(=O)O)nc2)c1. The highest BCUT2D eigenvalue weighted by atomic mass is 32.1. The summed E-state index contributed by atoms with van der Waals surface area (Å²) in [4.78, 5) is 27.3. The summed E-state index contributed by atoms with van der Waals surface area (Å²) in [6.45, 7) is -0.277. The van der Waals surface area contributed by atoms with Crippen molar-refractivity contribution in [3.8, 4) is 22.8 Å². The summed E-state index contributed by atoms with van der Waals surface area (Å²) in [6, 6.07) is 12.6. The number of amides is 1. The van der Waals surface area contributed by atoms with Crippen molar-refractivity contribution < 1.29 is 24.2 Å². The third-order valence-electron chi connectivity index (χ3n) is 3.62. The Kier molecular flexibility index (Phi) is 5.68. The molecule has 0 bridgehead atoms. The first-order valence-corrected chi connectivity index (χ1v) is 8.78. The molecule has 0 fully saturated rings. The monoisotopic (exact) mass is 384 g/mol. The summed E-state index contributed by atoms with van der Waals surface area (Å²) in [5.41, 5.74) is 2.09. The highest BCUT2D eigenvalue weighted by molar-refractivity contribution is 7.12. The zero-order valence-electron chi connectivity index (χ0n) is 14.3. The van der Waals surface area contributed by atoms with Crippen LogP contribution in [-0.2, 0) is 4.79 Å². The van der Waals surface area contributed by atoms with Crippen LogP contribution in [0.2, 0.25) is 0 Å². The number of carbonyl (C=O) groups is 2. The van der Waals surface area contributed by atoms with E-state index in [2.05, 4.69) is 10.3 Å². The number of hydrogen-bond donors (Lipinski definition) is 2. The second kappa shape index (κ2) is 8.33. The van der Waals surface area contributed by atoms with Gasteiger partial charge in [-0.1, -0.05) is 12.1 Å². The Bertz CT molecular complexity index is 953. The summed E-state index contributed by atoms with van der Waals surface area (Å²) in [5.74, 6) is -0.509. The van der Waals surface area contributed by atoms with Gasteiger partial charge in [-0.2, -0.15) is 0 Å². The second-order valence-electron chi connectivity index (χ2n) is 5.42. The van der Waals surface area contributed by atoms with Gasteiger partial charge in [-0.3, -0.25) is 4.79 Å². The summed E-state index contributed by atoms with van der Waals surface area (Å²) in [6.07, 6.45) is 1.64. The number of nitrogens with one attached hydrogen (secondary N) is 1. The number of methoxy groups -OCH3 is 1. The van der Waals surface area contributed by atoms with Gasteiger partial charge in [-0.15, -0.1) is 11.3 Å². The van der Waals surface area contributed by atoms with E-state index in [0.29, 0.717) is 5.88 Å². The lowest BCUT2D eigenvalue weighted by atomic mass is 10.1. The minimum Gasteiger partial charge on any atom is -0.497 e. The Morgan fingerprint density at radius 2 is 2.04 bits per heavy atom. The number of aromatic nitrogens is 1. The van der Waals surface area contributed by atoms with E-state index in [1.807, 2.05) is 30.3 Å². The van der Waals surface area contributed by atoms with Crippen LogP contribution in [0, 0.1) is 0 Å². The lowest BCUT2D eigenvalue weighted by molar-refractivity contribution is -0.118. The van der Waals surface area contributed by atoms with Crippen LogP contribution in [0.25, 0.3) is 11.1 Å². The number of benzene rings is 1. The second-order valence-corrected chi connectivity index (χ2v) is 6.34. The van der Waals surface area contributed by atoms with Crippen molar-refractivity contribution in [2.24, 2.45) is 0 Å². The molecule has 7 nitrogen and oxygen atoms in total. The van der Waals surface area contributed by atoms with Crippen LogP contribution in [-0.4, -0.2) is 35.7 Å². The molecule has 3 rings (SSSR count). The lowest BCUT2D eigenvalue weighted by Gasteiger charge is -2.08. The summed E-state index contributed by atoms with van der Waals surface area (Å²) in [7, 11) is 1.61. The molecule has 0 radical (unpaired) electrons. The molecule has 0 saturated carbocycles. The van der Waals surface area contributed by atoms with Gasteiger partial charge < -0.3 is 19.9 Å². The molecule has 0 aliphatic heterocycles. The molecule has 2 N–H and O–H groups in total. The molecule has 27 heavy (non-hydrogen) atoms. The molecule has 0 unspecified atom stereocenters. The van der Waals surface area contributed by atoms with E-state index < -0.39 is 11.9 Å². The molecule has 0 spiro atoms. The molecule has 2 heterocycles. The van der Waals surface area contributed by atoms with Crippen LogP contribution in [0.5, 0.6) is 11.6 Å². The van der Waals surface area contributed by atoms with Gasteiger partial charge in [0.1, 0.15) is 10.6 Å². The highest BCUT2D eigenvalue weighted by Gasteiger charge is 2.14. The van der Waals surface area contributed by atoms with Gasteiger partial charge in [-0.25, -0.2) is 9.78 Å². The van der Waals surface area contributed by atoms with E-state index in [9.17, 15) is 9.59 Å². The minimum absolute atomic E-state index is 0.0733. The van der Waals surface area contributed by atoms with Gasteiger partial charge in [-0.05, 0) is 35.2 Å². The van der Waals surface area contributed by atoms with E-state index >= 15 is 0 Å². The van der Waals surface area contributed by atoms with Gasteiger partial charge >= 0.3 is 5.97 Å². The van der Waals surface area contributed by atoms with E-state index in [1.165, 1.54) is 6.07 Å². The Morgan fingerprint density at radius 3 is 2.74 bits per heavy atom. The number of carbonyl (C=O) groups excluding carboxylic acids is 1. The third kappa shape index (κ3) is 4.62. The van der Waals surface area contributed by atoms with Crippen LogP contribution in [0.1, 0.15) is 9.67 Å². The lowest BCUT2D eigenvalue weighted by Crippen LogP contribution is -2.21. The molecule has 0 aliphatic rings. The topological polar surface area (TPSA) is 97.8 Å². The molecule has 8 heteroatoms. The van der Waals surface area contributed by atoms with Crippen LogP contribution in [0.3, 0.4) is 0 Å². The average molecular weight is 384 g/mol. The number of thiophene rings is 1. The Balaban J connectivity index is 1.59. The molecule has 2 aromatic heterocycles. The van der Waals surface area contributed by atoms with E-state index in [0.717, 1.165) is 28.2 Å². The van der Waals surface area contributed by atoms with Crippen molar-refractivity contribution in [3.05, 3.63) is 58.9 Å². The van der Waals surface area contributed by atoms with Gasteiger partial charge in [0.25, 0.3) is 5.91 Å². The molecule has 1 aromatic carbocycles. The quantitative estimate of drug-likeness (QED) is 0.647. The fourth-order valence-corrected chi connectivity index (χ4v) is 3.03. The number of rotatable bonds is 7. The number of ether oxygens (including phenoxy) is 2. The van der Waals surface area contributed by atoms with Gasteiger partial charge in [0.15, 0.2) is 6.61 Å². The number of carboxylic acids is 1. The van der Waals surface area contributed by atoms with Crippen molar-refractivity contribution in [1.29, 1.82) is 0 Å². The fraction of sp³-hybridized carbons (Fsp3) is 0.105. The van der Waals surface area contributed by atoms with E-state index in [-0.39, 0.29) is 17.2 Å². The average Bonchev–Trinajstić information content (AvgIpc) is 3.15. The first-order valence-electron chi connectivity index (χ1n) is 7.90. The molecule has 3 aromatic rings. The summed E-state index contributed by atoms with van der Waals surface area (Å²) < 4.78 is 10.6. The molecular weight excluding hydrogens is 368 g/mol. The van der Waals surface area contributed by atoms with Gasteiger partial charge in [0, 0.05) is 17.8 Å². The van der Waals surface area contributed by atoms with Crippen molar-refractivity contribution >= 4 is 28.9 Å². The predicted molar refractivity (Wildman–Crippen MR) is 102 cm³/mol. The smallest absolute Gasteiger partial charge is 0.348 e. The molecule has 0 atom stereocenters. The molecule has 1 amide bonds. The third-order valence-corrected chi connectivity index (χ3v) is 4.53. The first kappa shape index (κ1) is 18.4. The largest absolute Gasteiger partial charge is 0.497 e. The normalized spacial score (nSPS) is 10.3. The Hall–Kier alpha value is -3.39. The molecule has 0 saturated heterocycles. The first-order chi connectivity index (χ1) is 13.1. The maximum Gasteiger partial charge on any atom is 0.348 e. The standard InChI is InChI=1S/C19H16N2O5S/c1-25-14-4-2-3-12(9-14)13-5-6-17(20-10-13)26-11-16(22)21-15-7-8-27-18(15)19(23)24/h2-10H,11H2,1H3,(H,21,22)(H,23,24). The number of carboxylic acid groups (broad SMARTS) is 1.